The Labute approximate surface area is 197 Å². The van der Waals surface area contributed by atoms with Crippen LogP contribution in [0.5, 0.6) is 17.2 Å². The zero-order valence-electron chi connectivity index (χ0n) is 19.7. The summed E-state index contributed by atoms with van der Waals surface area (Å²) >= 11 is 0. The zero-order chi connectivity index (χ0) is 24.9. The van der Waals surface area contributed by atoms with Gasteiger partial charge in [-0.15, -0.1) is 0 Å². The Morgan fingerprint density at radius 1 is 1.15 bits per heavy atom. The van der Waals surface area contributed by atoms with E-state index in [0.717, 1.165) is 25.9 Å². The van der Waals surface area contributed by atoms with Gasteiger partial charge in [-0.3, -0.25) is 19.2 Å². The number of ether oxygens (including phenoxy) is 1. The monoisotopic (exact) mass is 468 g/mol. The highest BCUT2D eigenvalue weighted by molar-refractivity contribution is 6.31. The van der Waals surface area contributed by atoms with Gasteiger partial charge in [0.1, 0.15) is 34.0 Å². The quantitative estimate of drug-likeness (QED) is 0.340. The number of ketones is 3. The van der Waals surface area contributed by atoms with Crippen LogP contribution in [0.25, 0.3) is 0 Å². The molecule has 1 amide bonds. The van der Waals surface area contributed by atoms with Gasteiger partial charge in [-0.2, -0.15) is 0 Å². The van der Waals surface area contributed by atoms with Gasteiger partial charge in [0.15, 0.2) is 17.3 Å². The summed E-state index contributed by atoms with van der Waals surface area (Å²) in [6.45, 7) is 7.55. The van der Waals surface area contributed by atoms with Gasteiger partial charge in [0.2, 0.25) is 5.91 Å². The molecule has 1 aromatic carbocycles. The van der Waals surface area contributed by atoms with Crippen LogP contribution in [0, 0.1) is 6.92 Å². The summed E-state index contributed by atoms with van der Waals surface area (Å²) < 4.78 is 5.75. The molecular weight excluding hydrogens is 440 g/mol. The Balaban J connectivity index is 1.69. The number of hydrogen-bond donors (Lipinski definition) is 3. The van der Waals surface area contributed by atoms with Crippen LogP contribution in [0.2, 0.25) is 0 Å². The molecule has 0 saturated carbocycles. The second-order valence-corrected chi connectivity index (χ2v) is 9.15. The van der Waals surface area contributed by atoms with Crippen molar-refractivity contribution < 1.29 is 34.1 Å². The molecule has 0 aromatic heterocycles. The molecule has 3 N–H and O–H groups in total. The van der Waals surface area contributed by atoms with Gasteiger partial charge < -0.3 is 25.2 Å². The number of fused-ring (bicyclic) bond motifs is 3. The molecule has 34 heavy (non-hydrogen) atoms. The average molecular weight is 469 g/mol. The van der Waals surface area contributed by atoms with Gasteiger partial charge >= 0.3 is 0 Å². The Morgan fingerprint density at radius 2 is 1.79 bits per heavy atom. The van der Waals surface area contributed by atoms with Crippen LogP contribution in [-0.2, 0) is 19.8 Å². The number of nitrogens with one attached hydrogen (secondary N) is 1. The molecule has 9 nitrogen and oxygen atoms in total. The number of aromatic hydroxyl groups is 2. The average Bonchev–Trinajstić information content (AvgIpc) is 3.39. The highest BCUT2D eigenvalue weighted by Gasteiger charge is 2.56. The lowest BCUT2D eigenvalue weighted by Crippen LogP contribution is -2.41. The van der Waals surface area contributed by atoms with Crippen LogP contribution in [0.1, 0.15) is 61.5 Å². The van der Waals surface area contributed by atoms with Crippen LogP contribution in [0.4, 0.5) is 0 Å². The number of carbonyl (C=O) groups is 4. The van der Waals surface area contributed by atoms with Gasteiger partial charge in [-0.05, 0) is 40.5 Å². The number of carbonyl (C=O) groups excluding carboxylic acids is 4. The number of Topliss-reactive ketones (excluding diaryl/α,β-unsaturated/α-hetero) is 2. The van der Waals surface area contributed by atoms with Crippen LogP contribution in [0.3, 0.4) is 0 Å². The zero-order valence-corrected chi connectivity index (χ0v) is 19.7. The summed E-state index contributed by atoms with van der Waals surface area (Å²) in [7, 11) is 0. The number of rotatable bonds is 5. The minimum absolute atomic E-state index is 0.0129. The SMILES string of the molecule is CC(=O)c1c(O)c(C)c(O)c2c1OC1=CC(=O)C(=C(C)NCCC(=O)N3CCCC3)C(=O)[C@@]12C. The molecule has 0 bridgehead atoms. The molecule has 4 rings (SSSR count). The van der Waals surface area contributed by atoms with Crippen LogP contribution in [0.15, 0.2) is 23.1 Å². The molecule has 3 aliphatic rings. The highest BCUT2D eigenvalue weighted by Crippen LogP contribution is 2.57. The fraction of sp³-hybridized carbons (Fsp3) is 0.440. The smallest absolute Gasteiger partial charge is 0.224 e. The predicted octanol–water partition coefficient (Wildman–Crippen LogP) is 2.17. The van der Waals surface area contributed by atoms with Gasteiger partial charge in [0.05, 0.1) is 11.1 Å². The molecule has 2 heterocycles. The second kappa shape index (κ2) is 8.30. The standard InChI is InChI=1S/C25H28N2O7/c1-12-21(31)19(14(3)28)23-20(22(12)32)25(4)16(34-23)11-15(29)18(24(25)33)13(2)26-8-7-17(30)27-9-5-6-10-27/h11,26,31-32H,5-10H2,1-4H3/t25-/m0/s1. The Bertz CT molecular complexity index is 1200. The molecule has 0 spiro atoms. The summed E-state index contributed by atoms with van der Waals surface area (Å²) in [6.07, 6.45) is 3.40. The molecule has 0 radical (unpaired) electrons. The Hall–Kier alpha value is -3.62. The number of phenols is 2. The fourth-order valence-electron chi connectivity index (χ4n) is 4.93. The molecule has 1 atom stereocenters. The number of phenolic OH excluding ortho intramolecular Hbond substituents is 2. The summed E-state index contributed by atoms with van der Waals surface area (Å²) in [5, 5.41) is 24.3. The number of likely N-dealkylation sites (tertiary alicyclic amines) is 1. The van der Waals surface area contributed by atoms with E-state index in [1.165, 1.54) is 26.8 Å². The maximum Gasteiger partial charge on any atom is 0.224 e. The lowest BCUT2D eigenvalue weighted by Gasteiger charge is -2.29. The highest BCUT2D eigenvalue weighted by atomic mass is 16.5. The predicted molar refractivity (Wildman–Crippen MR) is 122 cm³/mol. The van der Waals surface area contributed by atoms with Crippen molar-refractivity contribution in [3.05, 3.63) is 39.8 Å². The van der Waals surface area contributed by atoms with Gasteiger partial charge in [0, 0.05) is 43.4 Å². The minimum Gasteiger partial charge on any atom is -0.507 e. The molecule has 2 aliphatic heterocycles. The maximum atomic E-state index is 13.7. The summed E-state index contributed by atoms with van der Waals surface area (Å²) in [4.78, 5) is 52.9. The lowest BCUT2D eigenvalue weighted by atomic mass is 9.70. The third-order valence-corrected chi connectivity index (χ3v) is 6.95. The molecule has 1 fully saturated rings. The first-order chi connectivity index (χ1) is 16.0. The van der Waals surface area contributed by atoms with E-state index in [9.17, 15) is 29.4 Å². The summed E-state index contributed by atoms with van der Waals surface area (Å²) in [5.41, 5.74) is -1.41. The molecular formula is C25H28N2O7. The summed E-state index contributed by atoms with van der Waals surface area (Å²) in [6, 6.07) is 0. The normalized spacial score (nSPS) is 22.7. The van der Waals surface area contributed by atoms with Crippen LogP contribution >= 0.6 is 0 Å². The number of hydrogen-bond acceptors (Lipinski definition) is 8. The largest absolute Gasteiger partial charge is 0.507 e. The first-order valence-corrected chi connectivity index (χ1v) is 11.3. The van der Waals surface area contributed by atoms with E-state index in [4.69, 9.17) is 4.74 Å². The molecule has 1 aromatic rings. The van der Waals surface area contributed by atoms with Crippen molar-refractivity contribution >= 4 is 23.3 Å². The third kappa shape index (κ3) is 3.38. The van der Waals surface area contributed by atoms with Gasteiger partial charge in [-0.25, -0.2) is 0 Å². The molecule has 1 aliphatic carbocycles. The minimum atomic E-state index is -1.56. The van der Waals surface area contributed by atoms with Crippen molar-refractivity contribution in [2.24, 2.45) is 0 Å². The van der Waals surface area contributed by atoms with Crippen LogP contribution in [-0.4, -0.2) is 58.0 Å². The third-order valence-electron chi connectivity index (χ3n) is 6.95. The lowest BCUT2D eigenvalue weighted by molar-refractivity contribution is -0.130. The van der Waals surface area contributed by atoms with E-state index in [1.54, 1.807) is 11.8 Å². The summed E-state index contributed by atoms with van der Waals surface area (Å²) in [5.74, 6) is -2.59. The van der Waals surface area contributed by atoms with E-state index < -0.39 is 28.5 Å². The van der Waals surface area contributed by atoms with E-state index in [-0.39, 0.29) is 58.4 Å². The van der Waals surface area contributed by atoms with Gasteiger partial charge in [0.25, 0.3) is 0 Å². The number of allylic oxidation sites excluding steroid dienone is 4. The van der Waals surface area contributed by atoms with Crippen molar-refractivity contribution in [1.82, 2.24) is 10.2 Å². The Kier molecular flexibility index (Phi) is 5.75. The van der Waals surface area contributed by atoms with Gasteiger partial charge in [-0.1, -0.05) is 0 Å². The Morgan fingerprint density at radius 3 is 2.41 bits per heavy atom. The van der Waals surface area contributed by atoms with Crippen molar-refractivity contribution in [3.63, 3.8) is 0 Å². The number of nitrogens with zero attached hydrogens (tertiary/aromatic N) is 1. The number of benzene rings is 1. The first-order valence-electron chi connectivity index (χ1n) is 11.3. The number of amides is 1. The van der Waals surface area contributed by atoms with E-state index in [1.807, 2.05) is 0 Å². The first kappa shape index (κ1) is 23.5. The van der Waals surface area contributed by atoms with Crippen molar-refractivity contribution in [3.8, 4) is 17.2 Å². The van der Waals surface area contributed by atoms with E-state index >= 15 is 0 Å². The van der Waals surface area contributed by atoms with E-state index in [0.29, 0.717) is 5.70 Å². The molecule has 0 unspecified atom stereocenters. The fourth-order valence-corrected chi connectivity index (χ4v) is 4.93. The van der Waals surface area contributed by atoms with E-state index in [2.05, 4.69) is 5.32 Å². The second-order valence-electron chi connectivity index (χ2n) is 9.15. The maximum absolute atomic E-state index is 13.7. The van der Waals surface area contributed by atoms with Crippen molar-refractivity contribution in [1.29, 1.82) is 0 Å². The molecule has 9 heteroatoms. The molecule has 180 valence electrons. The van der Waals surface area contributed by atoms with Crippen molar-refractivity contribution in [2.45, 2.75) is 52.4 Å². The molecule has 1 saturated heterocycles. The van der Waals surface area contributed by atoms with Crippen LogP contribution < -0.4 is 10.1 Å². The van der Waals surface area contributed by atoms with Crippen molar-refractivity contribution in [2.75, 3.05) is 19.6 Å². The topological polar surface area (TPSA) is 133 Å².